The Hall–Kier alpha value is -6.12. The molecule has 41 heavy (non-hydrogen) atoms. The molecule has 1 aromatic heterocycles. The van der Waals surface area contributed by atoms with E-state index in [4.69, 9.17) is 4.74 Å². The van der Waals surface area contributed by atoms with E-state index >= 15 is 0 Å². The van der Waals surface area contributed by atoms with E-state index in [2.05, 4.69) is 15.8 Å². The van der Waals surface area contributed by atoms with Gasteiger partial charge < -0.3 is 10.1 Å². The van der Waals surface area contributed by atoms with Crippen molar-refractivity contribution >= 4 is 35.1 Å². The lowest BCUT2D eigenvalue weighted by atomic mass is 10.2. The van der Waals surface area contributed by atoms with Crippen molar-refractivity contribution in [2.75, 3.05) is 5.32 Å². The van der Waals surface area contributed by atoms with Gasteiger partial charge in [-0.05, 0) is 55.0 Å². The zero-order valence-electron chi connectivity index (χ0n) is 21.5. The first-order valence-electron chi connectivity index (χ1n) is 11.8. The van der Waals surface area contributed by atoms with Crippen LogP contribution in [0.25, 0.3) is 5.69 Å². The van der Waals surface area contributed by atoms with Gasteiger partial charge in [0.15, 0.2) is 0 Å². The van der Waals surface area contributed by atoms with Gasteiger partial charge in [-0.15, -0.1) is 0 Å². The summed E-state index contributed by atoms with van der Waals surface area (Å²) in [5, 5.41) is 28.2. The highest BCUT2D eigenvalue weighted by Crippen LogP contribution is 2.34. The van der Waals surface area contributed by atoms with Crippen molar-refractivity contribution in [3.05, 3.63) is 115 Å². The van der Waals surface area contributed by atoms with Gasteiger partial charge in [0.1, 0.15) is 11.4 Å². The number of nitro groups is 2. The summed E-state index contributed by atoms with van der Waals surface area (Å²) in [5.41, 5.74) is 1.98. The molecule has 0 radical (unpaired) electrons. The number of hydrogen-bond donors (Lipinski definition) is 2. The number of nitro benzene ring substituents is 2. The Morgan fingerprint density at radius 3 is 2.27 bits per heavy atom. The molecule has 4 aromatic rings. The number of aromatic nitrogens is 2. The van der Waals surface area contributed by atoms with E-state index in [1.807, 2.05) is 0 Å². The van der Waals surface area contributed by atoms with E-state index in [9.17, 15) is 34.6 Å². The number of rotatable bonds is 8. The molecule has 0 unspecified atom stereocenters. The number of para-hydroxylation sites is 1. The number of non-ortho nitro benzene ring substituents is 1. The van der Waals surface area contributed by atoms with Crippen molar-refractivity contribution in [1.29, 1.82) is 0 Å². The van der Waals surface area contributed by atoms with E-state index in [-0.39, 0.29) is 17.2 Å². The van der Waals surface area contributed by atoms with Crippen LogP contribution in [0.15, 0.2) is 82.7 Å². The van der Waals surface area contributed by atoms with Crippen molar-refractivity contribution in [1.82, 2.24) is 14.8 Å². The standard InChI is InChI=1S/C26H21N7O8/c1-16-23(26(36)31(30(16)2)18-6-4-3-5-7-18)28-24(34)25(35)29-27-15-17-8-11-20(12-9-17)41-22-13-10-19(32(37)38)14-21(22)33(39)40/h3-15H,1-2H3,(H,28,34)(H,29,35). The second-order valence-electron chi connectivity index (χ2n) is 8.43. The van der Waals surface area contributed by atoms with Crippen LogP contribution in [0.2, 0.25) is 0 Å². The van der Waals surface area contributed by atoms with Crippen LogP contribution in [0, 0.1) is 27.2 Å². The van der Waals surface area contributed by atoms with Crippen LogP contribution >= 0.6 is 0 Å². The van der Waals surface area contributed by atoms with Gasteiger partial charge in [-0.1, -0.05) is 18.2 Å². The average Bonchev–Trinajstić information content (AvgIpc) is 3.17. The number of hydrogen-bond acceptors (Lipinski definition) is 9. The maximum atomic E-state index is 12.9. The third-order valence-corrected chi connectivity index (χ3v) is 5.84. The predicted molar refractivity (Wildman–Crippen MR) is 146 cm³/mol. The number of nitrogens with zero attached hydrogens (tertiary/aromatic N) is 5. The fourth-order valence-corrected chi connectivity index (χ4v) is 3.70. The second-order valence-corrected chi connectivity index (χ2v) is 8.43. The topological polar surface area (TPSA) is 193 Å². The van der Waals surface area contributed by atoms with E-state index < -0.39 is 38.6 Å². The zero-order valence-corrected chi connectivity index (χ0v) is 21.5. The first-order valence-corrected chi connectivity index (χ1v) is 11.8. The molecule has 2 amide bonds. The number of ether oxygens (including phenoxy) is 1. The summed E-state index contributed by atoms with van der Waals surface area (Å²) in [6.45, 7) is 1.62. The predicted octanol–water partition coefficient (Wildman–Crippen LogP) is 3.18. The van der Waals surface area contributed by atoms with Crippen molar-refractivity contribution in [3.63, 3.8) is 0 Å². The number of benzene rings is 3. The number of carbonyl (C=O) groups is 2. The number of hydrazone groups is 1. The molecule has 0 atom stereocenters. The van der Waals surface area contributed by atoms with Gasteiger partial charge in [0.25, 0.3) is 11.2 Å². The maximum Gasteiger partial charge on any atom is 0.329 e. The van der Waals surface area contributed by atoms with Crippen LogP contribution in [0.5, 0.6) is 11.5 Å². The molecule has 0 saturated carbocycles. The molecule has 0 aliphatic carbocycles. The average molecular weight is 559 g/mol. The summed E-state index contributed by atoms with van der Waals surface area (Å²) in [6.07, 6.45) is 1.24. The van der Waals surface area contributed by atoms with Gasteiger partial charge in [-0.3, -0.25) is 39.3 Å². The zero-order chi connectivity index (χ0) is 29.7. The molecule has 4 rings (SSSR count). The van der Waals surface area contributed by atoms with E-state index in [1.54, 1.807) is 49.0 Å². The van der Waals surface area contributed by atoms with Crippen LogP contribution in [0.3, 0.4) is 0 Å². The molecule has 208 valence electrons. The van der Waals surface area contributed by atoms with Crippen molar-refractivity contribution in [3.8, 4) is 17.2 Å². The highest BCUT2D eigenvalue weighted by atomic mass is 16.6. The molecule has 3 aromatic carbocycles. The first kappa shape index (κ1) is 27.9. The third kappa shape index (κ3) is 6.14. The SMILES string of the molecule is Cc1c(NC(=O)C(=O)NN=Cc2ccc(Oc3ccc([N+](=O)[O-])cc3[N+](=O)[O-])cc2)c(=O)n(-c2ccccc2)n1C. The molecule has 0 aliphatic heterocycles. The van der Waals surface area contributed by atoms with Crippen molar-refractivity contribution in [2.45, 2.75) is 6.92 Å². The summed E-state index contributed by atoms with van der Waals surface area (Å²) in [5.74, 6) is -2.20. The Balaban J connectivity index is 1.38. The van der Waals surface area contributed by atoms with E-state index in [0.29, 0.717) is 16.9 Å². The molecule has 15 nitrogen and oxygen atoms in total. The van der Waals surface area contributed by atoms with Gasteiger partial charge in [-0.2, -0.15) is 5.10 Å². The lowest BCUT2D eigenvalue weighted by Crippen LogP contribution is -2.34. The quantitative estimate of drug-likeness (QED) is 0.142. The van der Waals surface area contributed by atoms with Gasteiger partial charge in [0, 0.05) is 13.1 Å². The monoisotopic (exact) mass is 559 g/mol. The molecule has 0 bridgehead atoms. The maximum absolute atomic E-state index is 12.9. The van der Waals surface area contributed by atoms with Gasteiger partial charge in [0.2, 0.25) is 5.75 Å². The van der Waals surface area contributed by atoms with Gasteiger partial charge in [-0.25, -0.2) is 10.1 Å². The molecule has 0 aliphatic rings. The number of anilines is 1. The lowest BCUT2D eigenvalue weighted by molar-refractivity contribution is -0.394. The summed E-state index contributed by atoms with van der Waals surface area (Å²) >= 11 is 0. The lowest BCUT2D eigenvalue weighted by Gasteiger charge is -2.07. The molecule has 0 spiro atoms. The minimum absolute atomic E-state index is 0.0515. The fraction of sp³-hybridized carbons (Fsp3) is 0.0769. The highest BCUT2D eigenvalue weighted by Gasteiger charge is 2.22. The summed E-state index contributed by atoms with van der Waals surface area (Å²) in [6, 6.07) is 17.7. The Morgan fingerprint density at radius 2 is 1.63 bits per heavy atom. The number of amides is 2. The summed E-state index contributed by atoms with van der Waals surface area (Å²) in [7, 11) is 1.65. The smallest absolute Gasteiger partial charge is 0.329 e. The van der Waals surface area contributed by atoms with Crippen LogP contribution in [-0.2, 0) is 16.6 Å². The first-order chi connectivity index (χ1) is 19.6. The fourth-order valence-electron chi connectivity index (χ4n) is 3.70. The molecule has 0 fully saturated rings. The molecule has 0 saturated heterocycles. The minimum atomic E-state index is -1.11. The number of carbonyl (C=O) groups excluding carboxylic acids is 2. The molecular weight excluding hydrogens is 538 g/mol. The third-order valence-electron chi connectivity index (χ3n) is 5.84. The summed E-state index contributed by atoms with van der Waals surface area (Å²) in [4.78, 5) is 58.2. The van der Waals surface area contributed by atoms with Gasteiger partial charge >= 0.3 is 17.5 Å². The summed E-state index contributed by atoms with van der Waals surface area (Å²) < 4.78 is 8.40. The van der Waals surface area contributed by atoms with E-state index in [1.165, 1.54) is 35.2 Å². The van der Waals surface area contributed by atoms with Crippen LogP contribution in [0.4, 0.5) is 17.1 Å². The Labute approximate surface area is 230 Å². The highest BCUT2D eigenvalue weighted by molar-refractivity contribution is 6.39. The minimum Gasteiger partial charge on any atom is -0.450 e. The van der Waals surface area contributed by atoms with Crippen molar-refractivity contribution in [2.24, 2.45) is 12.1 Å². The van der Waals surface area contributed by atoms with Crippen LogP contribution in [-0.4, -0.2) is 37.2 Å². The Bertz CT molecular complexity index is 1740. The normalized spacial score (nSPS) is 10.8. The van der Waals surface area contributed by atoms with Crippen molar-refractivity contribution < 1.29 is 24.2 Å². The Kier molecular flexibility index (Phi) is 7.98. The molecule has 1 heterocycles. The second kappa shape index (κ2) is 11.7. The van der Waals surface area contributed by atoms with Gasteiger partial charge in [0.05, 0.1) is 33.5 Å². The molecule has 15 heteroatoms. The Morgan fingerprint density at radius 1 is 0.951 bits per heavy atom. The number of nitrogens with one attached hydrogen (secondary N) is 2. The molecule has 2 N–H and O–H groups in total. The van der Waals surface area contributed by atoms with Crippen LogP contribution in [0.1, 0.15) is 11.3 Å². The molecular formula is C26H21N7O8. The largest absolute Gasteiger partial charge is 0.450 e. The van der Waals surface area contributed by atoms with Crippen LogP contribution < -0.4 is 21.0 Å². The van der Waals surface area contributed by atoms with E-state index in [0.717, 1.165) is 18.2 Å².